The number of hydrogen-bond donors (Lipinski definition) is 0. The molecule has 1 fully saturated rings. The van der Waals surface area contributed by atoms with E-state index in [0.29, 0.717) is 6.10 Å². The zero-order valence-electron chi connectivity index (χ0n) is 13.4. The molecule has 0 N–H and O–H groups in total. The van der Waals surface area contributed by atoms with Gasteiger partial charge in [0.25, 0.3) is 0 Å². The second-order valence-corrected chi connectivity index (χ2v) is 6.10. The normalized spacial score (nSPS) is 18.6. The molecule has 2 nitrogen and oxygen atoms in total. The van der Waals surface area contributed by atoms with E-state index in [1.54, 1.807) is 0 Å². The maximum Gasteiger partial charge on any atom is 0.104 e. The Labute approximate surface area is 129 Å². The van der Waals surface area contributed by atoms with Crippen LogP contribution in [-0.2, 0) is 9.47 Å². The van der Waals surface area contributed by atoms with Gasteiger partial charge in [0.05, 0.1) is 19.3 Å². The average Bonchev–Trinajstić information content (AvgIpc) is 3.34. The number of epoxide rings is 1. The van der Waals surface area contributed by atoms with Gasteiger partial charge in [-0.25, -0.2) is 0 Å². The molecule has 1 aliphatic heterocycles. The van der Waals surface area contributed by atoms with Gasteiger partial charge in [-0.15, -0.1) is 0 Å². The molecule has 0 saturated carbocycles. The second-order valence-electron chi connectivity index (χ2n) is 6.10. The summed E-state index contributed by atoms with van der Waals surface area (Å²) in [4.78, 5) is 0. The van der Waals surface area contributed by atoms with Crippen molar-refractivity contribution < 1.29 is 9.47 Å². The van der Waals surface area contributed by atoms with Gasteiger partial charge in [0.15, 0.2) is 0 Å². The number of ether oxygens (including phenoxy) is 2. The van der Waals surface area contributed by atoms with Gasteiger partial charge >= 0.3 is 0 Å². The highest BCUT2D eigenvalue weighted by Crippen LogP contribution is 2.25. The second kappa shape index (κ2) is 9.97. The largest absolute Gasteiger partial charge is 0.371 e. The maximum atomic E-state index is 6.07. The Kier molecular flexibility index (Phi) is 7.83. The van der Waals surface area contributed by atoms with Crippen molar-refractivity contribution in [2.75, 3.05) is 13.2 Å². The van der Waals surface area contributed by atoms with E-state index in [0.717, 1.165) is 19.6 Å². The third kappa shape index (κ3) is 7.10. The minimum Gasteiger partial charge on any atom is -0.371 e. The average molecular weight is 290 g/mol. The van der Waals surface area contributed by atoms with Crippen molar-refractivity contribution >= 4 is 0 Å². The minimum atomic E-state index is 0.242. The summed E-state index contributed by atoms with van der Waals surface area (Å²) < 4.78 is 11.3. The summed E-state index contributed by atoms with van der Waals surface area (Å²) in [5.41, 5.74) is 1.31. The van der Waals surface area contributed by atoms with Gasteiger partial charge in [0.2, 0.25) is 0 Å². The van der Waals surface area contributed by atoms with Gasteiger partial charge in [-0.2, -0.15) is 0 Å². The first kappa shape index (κ1) is 16.5. The van der Waals surface area contributed by atoms with Crippen molar-refractivity contribution in [1.82, 2.24) is 0 Å². The van der Waals surface area contributed by atoms with Crippen LogP contribution in [0.2, 0.25) is 0 Å². The number of hydrogen-bond acceptors (Lipinski definition) is 2. The molecule has 0 bridgehead atoms. The molecule has 1 saturated heterocycles. The fourth-order valence-corrected chi connectivity index (χ4v) is 2.69. The zero-order valence-corrected chi connectivity index (χ0v) is 13.4. The van der Waals surface area contributed by atoms with E-state index < -0.39 is 0 Å². The van der Waals surface area contributed by atoms with Crippen LogP contribution in [0.15, 0.2) is 30.3 Å². The van der Waals surface area contributed by atoms with Crippen LogP contribution in [0.3, 0.4) is 0 Å². The van der Waals surface area contributed by atoms with Crippen molar-refractivity contribution in [3.63, 3.8) is 0 Å². The van der Waals surface area contributed by atoms with Gasteiger partial charge in [0, 0.05) is 0 Å². The van der Waals surface area contributed by atoms with Crippen molar-refractivity contribution in [3.05, 3.63) is 35.9 Å². The molecule has 21 heavy (non-hydrogen) atoms. The highest BCUT2D eigenvalue weighted by molar-refractivity contribution is 5.17. The summed E-state index contributed by atoms with van der Waals surface area (Å²) in [5, 5.41) is 0. The van der Waals surface area contributed by atoms with Crippen LogP contribution in [0.1, 0.15) is 70.0 Å². The molecule has 1 aromatic carbocycles. The van der Waals surface area contributed by atoms with Crippen molar-refractivity contribution in [1.29, 1.82) is 0 Å². The summed E-state index contributed by atoms with van der Waals surface area (Å²) in [6.45, 7) is 3.89. The van der Waals surface area contributed by atoms with Crippen LogP contribution in [0.25, 0.3) is 0 Å². The lowest BCUT2D eigenvalue weighted by molar-refractivity contribution is 0.0346. The van der Waals surface area contributed by atoms with Crippen LogP contribution >= 0.6 is 0 Å². The molecule has 0 radical (unpaired) electrons. The summed E-state index contributed by atoms with van der Waals surface area (Å²) >= 11 is 0. The summed E-state index contributed by atoms with van der Waals surface area (Å²) in [6, 6.07) is 10.6. The Bertz CT molecular complexity index is 359. The first-order valence-corrected chi connectivity index (χ1v) is 8.68. The van der Waals surface area contributed by atoms with Crippen LogP contribution in [-0.4, -0.2) is 19.3 Å². The highest BCUT2D eigenvalue weighted by Gasteiger charge is 2.24. The molecule has 118 valence electrons. The van der Waals surface area contributed by atoms with Gasteiger partial charge < -0.3 is 9.47 Å². The Morgan fingerprint density at radius 1 is 1.05 bits per heavy atom. The van der Waals surface area contributed by atoms with E-state index in [1.807, 2.05) is 0 Å². The lowest BCUT2D eigenvalue weighted by atomic mass is 10.0. The first-order valence-electron chi connectivity index (χ1n) is 8.68. The van der Waals surface area contributed by atoms with Gasteiger partial charge in [-0.05, 0) is 12.0 Å². The minimum absolute atomic E-state index is 0.242. The van der Waals surface area contributed by atoms with Crippen molar-refractivity contribution in [3.8, 4) is 0 Å². The molecule has 2 rings (SSSR count). The summed E-state index contributed by atoms with van der Waals surface area (Å²) in [7, 11) is 0. The molecule has 0 amide bonds. The molecule has 2 heteroatoms. The van der Waals surface area contributed by atoms with E-state index in [4.69, 9.17) is 9.47 Å². The standard InChI is InChI=1S/C19H30O2/c1-2-3-4-5-6-7-11-14-19(21-16-18-15-20-18)17-12-9-8-10-13-17/h8-10,12-13,18-19H,2-7,11,14-16H2,1H3. The van der Waals surface area contributed by atoms with E-state index in [2.05, 4.69) is 37.3 Å². The topological polar surface area (TPSA) is 21.8 Å². The first-order chi connectivity index (χ1) is 10.4. The zero-order chi connectivity index (χ0) is 14.8. The Morgan fingerprint density at radius 2 is 1.71 bits per heavy atom. The molecule has 0 aliphatic carbocycles. The van der Waals surface area contributed by atoms with E-state index >= 15 is 0 Å². The molecule has 1 aromatic rings. The maximum absolute atomic E-state index is 6.07. The summed E-state index contributed by atoms with van der Waals surface area (Å²) in [6.07, 6.45) is 11.2. The van der Waals surface area contributed by atoms with E-state index in [1.165, 1.54) is 50.5 Å². The molecule has 0 spiro atoms. The van der Waals surface area contributed by atoms with E-state index in [9.17, 15) is 0 Å². The quantitative estimate of drug-likeness (QED) is 0.385. The fourth-order valence-electron chi connectivity index (χ4n) is 2.69. The van der Waals surface area contributed by atoms with Crippen LogP contribution in [0.4, 0.5) is 0 Å². The van der Waals surface area contributed by atoms with Gasteiger partial charge in [-0.3, -0.25) is 0 Å². The third-order valence-electron chi connectivity index (χ3n) is 4.13. The molecular formula is C19H30O2. The van der Waals surface area contributed by atoms with Crippen molar-refractivity contribution in [2.45, 2.75) is 70.5 Å². The third-order valence-corrected chi connectivity index (χ3v) is 4.13. The molecule has 2 unspecified atom stereocenters. The Hall–Kier alpha value is -0.860. The Balaban J connectivity index is 1.66. The number of rotatable bonds is 12. The molecule has 1 aliphatic rings. The molecule has 0 aromatic heterocycles. The molecular weight excluding hydrogens is 260 g/mol. The molecule has 2 atom stereocenters. The SMILES string of the molecule is CCCCCCCCCC(OCC1CO1)c1ccccc1. The lowest BCUT2D eigenvalue weighted by Gasteiger charge is -2.18. The fraction of sp³-hybridized carbons (Fsp3) is 0.684. The predicted octanol–water partition coefficient (Wildman–Crippen LogP) is 5.28. The predicted molar refractivity (Wildman–Crippen MR) is 87.5 cm³/mol. The monoisotopic (exact) mass is 290 g/mol. The van der Waals surface area contributed by atoms with E-state index in [-0.39, 0.29) is 6.10 Å². The number of benzene rings is 1. The number of unbranched alkanes of at least 4 members (excludes halogenated alkanes) is 6. The van der Waals surface area contributed by atoms with Gasteiger partial charge in [-0.1, -0.05) is 82.2 Å². The highest BCUT2D eigenvalue weighted by atomic mass is 16.6. The van der Waals surface area contributed by atoms with Crippen LogP contribution in [0, 0.1) is 0 Å². The smallest absolute Gasteiger partial charge is 0.104 e. The van der Waals surface area contributed by atoms with Crippen LogP contribution in [0.5, 0.6) is 0 Å². The van der Waals surface area contributed by atoms with Gasteiger partial charge in [0.1, 0.15) is 6.10 Å². The summed E-state index contributed by atoms with van der Waals surface area (Å²) in [5.74, 6) is 0. The van der Waals surface area contributed by atoms with Crippen LogP contribution < -0.4 is 0 Å². The van der Waals surface area contributed by atoms with Crippen molar-refractivity contribution in [2.24, 2.45) is 0 Å². The Morgan fingerprint density at radius 3 is 2.38 bits per heavy atom. The lowest BCUT2D eigenvalue weighted by Crippen LogP contribution is -2.09. The molecule has 1 heterocycles.